The largest absolute Gasteiger partial charge is 0.497 e. The number of methoxy groups -OCH3 is 2. The molecule has 3 nitrogen and oxygen atoms in total. The standard InChI is InChI=1S/C16H25NO2/c1-15(2)8-5-9-16(17,11-15)13-10-12(18-3)6-7-14(13)19-4/h6-7,10H,5,8-9,11,17H2,1-4H3. The Labute approximate surface area is 116 Å². The second-order valence-corrected chi connectivity index (χ2v) is 6.42. The first kappa shape index (κ1) is 14.2. The minimum Gasteiger partial charge on any atom is -0.497 e. The van der Waals surface area contributed by atoms with Gasteiger partial charge in [-0.1, -0.05) is 20.3 Å². The van der Waals surface area contributed by atoms with Gasteiger partial charge < -0.3 is 15.2 Å². The summed E-state index contributed by atoms with van der Waals surface area (Å²) >= 11 is 0. The SMILES string of the molecule is COc1ccc(OC)c(C2(N)CCCC(C)(C)C2)c1. The van der Waals surface area contributed by atoms with Gasteiger partial charge in [0.25, 0.3) is 0 Å². The molecule has 1 atom stereocenters. The Morgan fingerprint density at radius 2 is 1.84 bits per heavy atom. The molecule has 0 saturated heterocycles. The Morgan fingerprint density at radius 3 is 2.42 bits per heavy atom. The van der Waals surface area contributed by atoms with E-state index < -0.39 is 0 Å². The third kappa shape index (κ3) is 2.86. The summed E-state index contributed by atoms with van der Waals surface area (Å²) in [7, 11) is 3.38. The second kappa shape index (κ2) is 5.04. The number of hydrogen-bond donors (Lipinski definition) is 1. The fourth-order valence-electron chi connectivity index (χ4n) is 3.35. The fraction of sp³-hybridized carbons (Fsp3) is 0.625. The van der Waals surface area contributed by atoms with Crippen molar-refractivity contribution in [1.29, 1.82) is 0 Å². The number of ether oxygens (including phenoxy) is 2. The van der Waals surface area contributed by atoms with Crippen molar-refractivity contribution in [3.63, 3.8) is 0 Å². The quantitative estimate of drug-likeness (QED) is 0.908. The van der Waals surface area contributed by atoms with E-state index in [4.69, 9.17) is 15.2 Å². The Bertz CT molecular complexity index is 456. The van der Waals surface area contributed by atoms with Crippen molar-refractivity contribution >= 4 is 0 Å². The summed E-state index contributed by atoms with van der Waals surface area (Å²) < 4.78 is 10.8. The van der Waals surface area contributed by atoms with E-state index in [0.717, 1.165) is 36.3 Å². The number of benzene rings is 1. The minimum absolute atomic E-state index is 0.279. The van der Waals surface area contributed by atoms with Gasteiger partial charge in [0.15, 0.2) is 0 Å². The molecule has 0 spiro atoms. The average molecular weight is 263 g/mol. The maximum absolute atomic E-state index is 6.72. The van der Waals surface area contributed by atoms with Gasteiger partial charge in [-0.2, -0.15) is 0 Å². The van der Waals surface area contributed by atoms with Crippen LogP contribution in [0.25, 0.3) is 0 Å². The predicted octanol–water partition coefficient (Wildman–Crippen LogP) is 3.46. The highest BCUT2D eigenvalue weighted by Crippen LogP contribution is 2.47. The molecule has 1 aromatic rings. The molecule has 1 aromatic carbocycles. The first-order valence-electron chi connectivity index (χ1n) is 6.92. The molecule has 1 aliphatic rings. The molecule has 1 unspecified atom stereocenters. The number of rotatable bonds is 3. The predicted molar refractivity (Wildman–Crippen MR) is 77.7 cm³/mol. The van der Waals surface area contributed by atoms with Crippen LogP contribution in [0, 0.1) is 5.41 Å². The zero-order chi connectivity index (χ0) is 14.1. The van der Waals surface area contributed by atoms with E-state index in [2.05, 4.69) is 13.8 Å². The van der Waals surface area contributed by atoms with Crippen LogP contribution < -0.4 is 15.2 Å². The van der Waals surface area contributed by atoms with Gasteiger partial charge in [0.2, 0.25) is 0 Å². The monoisotopic (exact) mass is 263 g/mol. The summed E-state index contributed by atoms with van der Waals surface area (Å²) in [6, 6.07) is 5.89. The summed E-state index contributed by atoms with van der Waals surface area (Å²) in [5, 5.41) is 0. The van der Waals surface area contributed by atoms with Crippen LogP contribution >= 0.6 is 0 Å². The lowest BCUT2D eigenvalue weighted by Gasteiger charge is -2.43. The molecule has 0 heterocycles. The molecule has 19 heavy (non-hydrogen) atoms. The Kier molecular flexibility index (Phi) is 3.77. The third-order valence-corrected chi connectivity index (χ3v) is 4.21. The van der Waals surface area contributed by atoms with Crippen molar-refractivity contribution in [1.82, 2.24) is 0 Å². The van der Waals surface area contributed by atoms with E-state index in [1.54, 1.807) is 14.2 Å². The smallest absolute Gasteiger partial charge is 0.124 e. The maximum Gasteiger partial charge on any atom is 0.124 e. The van der Waals surface area contributed by atoms with Crippen LogP contribution in [0.2, 0.25) is 0 Å². The van der Waals surface area contributed by atoms with Crippen LogP contribution in [0.5, 0.6) is 11.5 Å². The molecule has 1 aliphatic carbocycles. The van der Waals surface area contributed by atoms with E-state index >= 15 is 0 Å². The molecular formula is C16H25NO2. The van der Waals surface area contributed by atoms with Crippen LogP contribution in [0.1, 0.15) is 45.1 Å². The summed E-state index contributed by atoms with van der Waals surface area (Å²) in [5.41, 5.74) is 7.75. The maximum atomic E-state index is 6.72. The lowest BCUT2D eigenvalue weighted by atomic mass is 9.66. The van der Waals surface area contributed by atoms with Gasteiger partial charge in [-0.3, -0.25) is 0 Å². The Balaban J connectivity index is 2.43. The normalized spacial score (nSPS) is 25.9. The van der Waals surface area contributed by atoms with E-state index in [1.165, 1.54) is 6.42 Å². The van der Waals surface area contributed by atoms with Crippen LogP contribution in [-0.4, -0.2) is 14.2 Å². The Hall–Kier alpha value is -1.22. The Morgan fingerprint density at radius 1 is 1.11 bits per heavy atom. The third-order valence-electron chi connectivity index (χ3n) is 4.21. The molecule has 0 aromatic heterocycles. The summed E-state index contributed by atoms with van der Waals surface area (Å²) in [5.74, 6) is 1.70. The van der Waals surface area contributed by atoms with Gasteiger partial charge in [-0.05, 0) is 42.9 Å². The highest BCUT2D eigenvalue weighted by Gasteiger charge is 2.40. The first-order valence-corrected chi connectivity index (χ1v) is 6.92. The van der Waals surface area contributed by atoms with E-state index in [9.17, 15) is 0 Å². The number of hydrogen-bond acceptors (Lipinski definition) is 3. The van der Waals surface area contributed by atoms with Crippen molar-refractivity contribution in [2.24, 2.45) is 11.1 Å². The summed E-state index contributed by atoms with van der Waals surface area (Å²) in [6.07, 6.45) is 4.37. The molecule has 2 N–H and O–H groups in total. The van der Waals surface area contributed by atoms with Crippen molar-refractivity contribution in [3.05, 3.63) is 23.8 Å². The van der Waals surface area contributed by atoms with Gasteiger partial charge in [-0.25, -0.2) is 0 Å². The molecule has 1 fully saturated rings. The summed E-state index contributed by atoms with van der Waals surface area (Å²) in [6.45, 7) is 4.58. The van der Waals surface area contributed by atoms with Gasteiger partial charge in [0.1, 0.15) is 11.5 Å². The van der Waals surface area contributed by atoms with E-state index in [-0.39, 0.29) is 11.0 Å². The molecule has 106 valence electrons. The van der Waals surface area contributed by atoms with Crippen LogP contribution in [0.15, 0.2) is 18.2 Å². The molecular weight excluding hydrogens is 238 g/mol. The number of nitrogens with two attached hydrogens (primary N) is 1. The minimum atomic E-state index is -0.318. The van der Waals surface area contributed by atoms with Crippen LogP contribution in [0.4, 0.5) is 0 Å². The van der Waals surface area contributed by atoms with Crippen LogP contribution in [-0.2, 0) is 5.54 Å². The lowest BCUT2D eigenvalue weighted by Crippen LogP contribution is -2.44. The highest BCUT2D eigenvalue weighted by molar-refractivity contribution is 5.45. The highest BCUT2D eigenvalue weighted by atomic mass is 16.5. The van der Waals surface area contributed by atoms with Gasteiger partial charge in [0, 0.05) is 11.1 Å². The average Bonchev–Trinajstić information content (AvgIpc) is 2.36. The molecule has 0 aliphatic heterocycles. The molecule has 3 heteroatoms. The topological polar surface area (TPSA) is 44.5 Å². The fourth-order valence-corrected chi connectivity index (χ4v) is 3.35. The summed E-state index contributed by atoms with van der Waals surface area (Å²) in [4.78, 5) is 0. The first-order chi connectivity index (χ1) is 8.90. The molecule has 0 bridgehead atoms. The van der Waals surface area contributed by atoms with Crippen molar-refractivity contribution in [2.45, 2.75) is 45.1 Å². The van der Waals surface area contributed by atoms with Gasteiger partial charge >= 0.3 is 0 Å². The molecule has 1 saturated carbocycles. The van der Waals surface area contributed by atoms with Gasteiger partial charge in [-0.15, -0.1) is 0 Å². The van der Waals surface area contributed by atoms with E-state index in [0.29, 0.717) is 0 Å². The zero-order valence-electron chi connectivity index (χ0n) is 12.5. The van der Waals surface area contributed by atoms with Crippen molar-refractivity contribution in [3.8, 4) is 11.5 Å². The van der Waals surface area contributed by atoms with Crippen molar-refractivity contribution in [2.75, 3.05) is 14.2 Å². The molecule has 2 rings (SSSR count). The van der Waals surface area contributed by atoms with E-state index in [1.807, 2.05) is 18.2 Å². The molecule has 0 amide bonds. The van der Waals surface area contributed by atoms with Crippen LogP contribution in [0.3, 0.4) is 0 Å². The van der Waals surface area contributed by atoms with Gasteiger partial charge in [0.05, 0.1) is 14.2 Å². The zero-order valence-corrected chi connectivity index (χ0v) is 12.5. The second-order valence-electron chi connectivity index (χ2n) is 6.42. The lowest BCUT2D eigenvalue weighted by molar-refractivity contribution is 0.148. The molecule has 0 radical (unpaired) electrons. The van der Waals surface area contributed by atoms with Crippen molar-refractivity contribution < 1.29 is 9.47 Å².